The number of nitrogens with two attached hydrogens (primary N) is 1. The fourth-order valence-corrected chi connectivity index (χ4v) is 3.71. The number of rotatable bonds is 2. The Hall–Kier alpha value is -3.89. The molecule has 0 radical (unpaired) electrons. The number of anilines is 1. The van der Waals surface area contributed by atoms with Crippen LogP contribution in [0.4, 0.5) is 19.0 Å². The van der Waals surface area contributed by atoms with Crippen LogP contribution in [0.25, 0.3) is 16.6 Å². The number of carbonyl (C=O) groups is 1. The fourth-order valence-electron chi connectivity index (χ4n) is 3.71. The van der Waals surface area contributed by atoms with Crippen molar-refractivity contribution in [2.75, 3.05) is 19.4 Å². The van der Waals surface area contributed by atoms with Crippen LogP contribution in [0.15, 0.2) is 43.0 Å². The van der Waals surface area contributed by atoms with Gasteiger partial charge in [-0.3, -0.25) is 14.2 Å². The Balaban J connectivity index is 1.49. The Kier molecular flexibility index (Phi) is 4.04. The highest BCUT2D eigenvalue weighted by molar-refractivity contribution is 5.98. The highest BCUT2D eigenvalue weighted by Gasteiger charge is 2.37. The number of ether oxygens (including phenoxy) is 1. The second kappa shape index (κ2) is 6.56. The molecule has 0 saturated heterocycles. The summed E-state index contributed by atoms with van der Waals surface area (Å²) in [7, 11) is 1.57. The van der Waals surface area contributed by atoms with E-state index in [9.17, 15) is 18.0 Å². The van der Waals surface area contributed by atoms with Gasteiger partial charge in [-0.15, -0.1) is 0 Å². The molecule has 3 aromatic heterocycles. The monoisotopic (exact) mass is 428 g/mol. The number of carbonyl (C=O) groups excluding carboxylic acids is 1. The minimum absolute atomic E-state index is 0.0397. The van der Waals surface area contributed by atoms with Crippen molar-refractivity contribution in [1.82, 2.24) is 24.3 Å². The zero-order valence-electron chi connectivity index (χ0n) is 16.1. The summed E-state index contributed by atoms with van der Waals surface area (Å²) in [5.74, 6) is 0.0743. The van der Waals surface area contributed by atoms with Crippen molar-refractivity contribution in [2.24, 2.45) is 0 Å². The molecule has 158 valence electrons. The number of aromatic nitrogens is 4. The number of alkyl halides is 3. The zero-order valence-corrected chi connectivity index (χ0v) is 16.1. The third-order valence-electron chi connectivity index (χ3n) is 5.35. The number of halogens is 3. The highest BCUT2D eigenvalue weighted by atomic mass is 19.4. The maximum absolute atomic E-state index is 13.2. The third-order valence-corrected chi connectivity index (χ3v) is 5.35. The van der Waals surface area contributed by atoms with Gasteiger partial charge in [0.15, 0.2) is 0 Å². The summed E-state index contributed by atoms with van der Waals surface area (Å²) in [5.41, 5.74) is 7.58. The van der Waals surface area contributed by atoms with E-state index in [1.54, 1.807) is 42.2 Å². The quantitative estimate of drug-likeness (QED) is 0.527. The first-order chi connectivity index (χ1) is 14.7. The maximum atomic E-state index is 13.2. The van der Waals surface area contributed by atoms with Gasteiger partial charge in [-0.1, -0.05) is 0 Å². The molecular weight excluding hydrogens is 413 g/mol. The number of pyridine rings is 1. The van der Waals surface area contributed by atoms with Gasteiger partial charge in [0.05, 0.1) is 29.6 Å². The number of nitrogens with zero attached hydrogens (tertiary/aromatic N) is 5. The van der Waals surface area contributed by atoms with Crippen LogP contribution in [0.5, 0.6) is 5.75 Å². The summed E-state index contributed by atoms with van der Waals surface area (Å²) < 4.78 is 45.9. The number of benzene rings is 1. The van der Waals surface area contributed by atoms with E-state index in [0.29, 0.717) is 33.5 Å². The van der Waals surface area contributed by atoms with Crippen LogP contribution in [0.3, 0.4) is 0 Å². The van der Waals surface area contributed by atoms with Gasteiger partial charge in [-0.05, 0) is 18.2 Å². The van der Waals surface area contributed by atoms with Crippen LogP contribution >= 0.6 is 0 Å². The number of hydrogen-bond acceptors (Lipinski definition) is 6. The third kappa shape index (κ3) is 3.00. The number of nitrogen functional groups attached to an aromatic ring is 1. The summed E-state index contributed by atoms with van der Waals surface area (Å²) in [6, 6.07) is 5.28. The Morgan fingerprint density at radius 2 is 2.06 bits per heavy atom. The molecule has 0 aliphatic carbocycles. The van der Waals surface area contributed by atoms with Gasteiger partial charge in [0.2, 0.25) is 0 Å². The van der Waals surface area contributed by atoms with Gasteiger partial charge in [0.25, 0.3) is 5.91 Å². The second-order valence-electron chi connectivity index (χ2n) is 7.20. The van der Waals surface area contributed by atoms with Gasteiger partial charge in [0, 0.05) is 30.4 Å². The van der Waals surface area contributed by atoms with E-state index in [1.807, 2.05) is 0 Å². The number of likely N-dealkylation sites (N-methyl/N-ethyl adjacent to an activating group) is 1. The second-order valence-corrected chi connectivity index (χ2v) is 7.20. The van der Waals surface area contributed by atoms with E-state index in [4.69, 9.17) is 10.5 Å². The van der Waals surface area contributed by atoms with E-state index in [-0.39, 0.29) is 18.3 Å². The molecule has 0 bridgehead atoms. The first-order valence-corrected chi connectivity index (χ1v) is 9.22. The minimum atomic E-state index is -4.57. The van der Waals surface area contributed by atoms with E-state index < -0.39 is 17.9 Å². The van der Waals surface area contributed by atoms with Crippen molar-refractivity contribution >= 4 is 28.3 Å². The van der Waals surface area contributed by atoms with Crippen LogP contribution in [-0.4, -0.2) is 43.8 Å². The standard InChI is InChI=1S/C20H15F3N6O2/c1-28(15-8-31-16-5-17(20(21,22)23)26-6-11(15)16)19(30)10-2-3-12-13(4-10)29-9-25-7-14(29)18(24)27-12/h2-7,9,15H,8H2,1H3,(H2,24,27)/t15-/m1/s1. The van der Waals surface area contributed by atoms with Gasteiger partial charge in [-0.2, -0.15) is 13.2 Å². The van der Waals surface area contributed by atoms with Crippen LogP contribution in [0.2, 0.25) is 0 Å². The van der Waals surface area contributed by atoms with E-state index in [2.05, 4.69) is 15.0 Å². The molecule has 1 atom stereocenters. The Bertz CT molecular complexity index is 1350. The van der Waals surface area contributed by atoms with E-state index in [0.717, 1.165) is 12.3 Å². The topological polar surface area (TPSA) is 98.6 Å². The van der Waals surface area contributed by atoms with Crippen LogP contribution in [0, 0.1) is 0 Å². The van der Waals surface area contributed by atoms with Crippen molar-refractivity contribution in [3.05, 3.63) is 59.8 Å². The predicted octanol–water partition coefficient (Wildman–Crippen LogP) is 3.08. The number of fused-ring (bicyclic) bond motifs is 4. The molecule has 5 rings (SSSR count). The lowest BCUT2D eigenvalue weighted by Gasteiger charge is -2.23. The zero-order chi connectivity index (χ0) is 21.9. The van der Waals surface area contributed by atoms with Crippen molar-refractivity contribution in [1.29, 1.82) is 0 Å². The van der Waals surface area contributed by atoms with Crippen molar-refractivity contribution in [3.63, 3.8) is 0 Å². The fraction of sp³-hybridized carbons (Fsp3) is 0.200. The molecule has 11 heteroatoms. The van der Waals surface area contributed by atoms with Crippen molar-refractivity contribution < 1.29 is 22.7 Å². The van der Waals surface area contributed by atoms with E-state index >= 15 is 0 Å². The molecule has 1 aliphatic heterocycles. The lowest BCUT2D eigenvalue weighted by Crippen LogP contribution is -2.32. The predicted molar refractivity (Wildman–Crippen MR) is 104 cm³/mol. The van der Waals surface area contributed by atoms with Crippen LogP contribution < -0.4 is 10.5 Å². The lowest BCUT2D eigenvalue weighted by atomic mass is 10.1. The molecule has 0 unspecified atom stereocenters. The average Bonchev–Trinajstić information content (AvgIpc) is 3.39. The van der Waals surface area contributed by atoms with Crippen molar-refractivity contribution in [2.45, 2.75) is 12.2 Å². The molecular formula is C20H15F3N6O2. The molecule has 31 heavy (non-hydrogen) atoms. The van der Waals surface area contributed by atoms with E-state index in [1.165, 1.54) is 4.90 Å². The normalized spacial score (nSPS) is 15.8. The Labute approximate surface area is 173 Å². The molecule has 4 heterocycles. The molecule has 1 aliphatic rings. The summed E-state index contributed by atoms with van der Waals surface area (Å²) in [5, 5.41) is 0. The summed E-state index contributed by atoms with van der Waals surface area (Å²) >= 11 is 0. The average molecular weight is 428 g/mol. The number of amides is 1. The van der Waals surface area contributed by atoms with Gasteiger partial charge in [-0.25, -0.2) is 9.97 Å². The summed E-state index contributed by atoms with van der Waals surface area (Å²) in [6.07, 6.45) is -0.295. The molecule has 0 saturated carbocycles. The van der Waals surface area contributed by atoms with Gasteiger partial charge >= 0.3 is 6.18 Å². The summed E-state index contributed by atoms with van der Waals surface area (Å²) in [6.45, 7) is 0.0397. The Morgan fingerprint density at radius 1 is 1.26 bits per heavy atom. The molecule has 0 spiro atoms. The largest absolute Gasteiger partial charge is 0.491 e. The Morgan fingerprint density at radius 3 is 2.84 bits per heavy atom. The SMILES string of the molecule is CN(C(=O)c1ccc2nc(N)c3cncn3c2c1)[C@@H]1COc2cc(C(F)(F)F)ncc21. The van der Waals surface area contributed by atoms with Crippen LogP contribution in [0.1, 0.15) is 27.7 Å². The number of imidazole rings is 1. The van der Waals surface area contributed by atoms with Crippen molar-refractivity contribution in [3.8, 4) is 5.75 Å². The summed E-state index contributed by atoms with van der Waals surface area (Å²) in [4.78, 5) is 26.5. The highest BCUT2D eigenvalue weighted by Crippen LogP contribution is 2.39. The van der Waals surface area contributed by atoms with Crippen LogP contribution in [-0.2, 0) is 6.18 Å². The van der Waals surface area contributed by atoms with Gasteiger partial charge in [0.1, 0.15) is 29.4 Å². The molecule has 4 aromatic rings. The first-order valence-electron chi connectivity index (χ1n) is 9.22. The first kappa shape index (κ1) is 19.1. The molecule has 1 amide bonds. The number of hydrogen-bond donors (Lipinski definition) is 1. The lowest BCUT2D eigenvalue weighted by molar-refractivity contribution is -0.141. The minimum Gasteiger partial charge on any atom is -0.491 e. The molecule has 2 N–H and O–H groups in total. The van der Waals surface area contributed by atoms with Gasteiger partial charge < -0.3 is 15.4 Å². The maximum Gasteiger partial charge on any atom is 0.433 e. The molecule has 8 nitrogen and oxygen atoms in total. The molecule has 1 aromatic carbocycles. The molecule has 0 fully saturated rings. The smallest absolute Gasteiger partial charge is 0.433 e.